The van der Waals surface area contributed by atoms with Crippen LogP contribution in [0.25, 0.3) is 0 Å². The number of hydrogen-bond acceptors (Lipinski definition) is 3. The third-order valence-electron chi connectivity index (χ3n) is 2.88. The quantitative estimate of drug-likeness (QED) is 0.805. The zero-order chi connectivity index (χ0) is 13.2. The zero-order valence-corrected chi connectivity index (χ0v) is 11.8. The van der Waals surface area contributed by atoms with Gasteiger partial charge in [-0.3, -0.25) is 0 Å². The molecule has 1 aromatic carbocycles. The summed E-state index contributed by atoms with van der Waals surface area (Å²) < 4.78 is 22.6. The third kappa shape index (κ3) is 3.68. The Morgan fingerprint density at radius 3 is 2.56 bits per heavy atom. The second-order valence-electron chi connectivity index (χ2n) is 4.56. The molecule has 1 aliphatic rings. The third-order valence-corrected chi connectivity index (χ3v) is 4.86. The molecule has 1 aliphatic heterocycles. The molecule has 0 spiro atoms. The maximum atomic E-state index is 11.3. The van der Waals surface area contributed by atoms with Gasteiger partial charge in [-0.15, -0.1) is 0 Å². The van der Waals surface area contributed by atoms with E-state index in [1.165, 1.54) is 5.56 Å². The lowest BCUT2D eigenvalue weighted by molar-refractivity contribution is 0.600. The fraction of sp³-hybridized carbons (Fsp3) is 0.417. The maximum Gasteiger partial charge on any atom is 0.171 e. The fourth-order valence-corrected chi connectivity index (χ4v) is 3.86. The minimum absolute atomic E-state index is 0.0690. The number of aryl methyl sites for hydroxylation is 1. The first-order chi connectivity index (χ1) is 8.44. The topological polar surface area (TPSA) is 58.2 Å². The predicted molar refractivity (Wildman–Crippen MR) is 77.6 cm³/mol. The van der Waals surface area contributed by atoms with Crippen LogP contribution in [0.2, 0.25) is 0 Å². The Morgan fingerprint density at radius 1 is 1.33 bits per heavy atom. The Balaban J connectivity index is 1.88. The van der Waals surface area contributed by atoms with Crippen LogP contribution >= 0.6 is 12.2 Å². The van der Waals surface area contributed by atoms with Crippen molar-refractivity contribution in [2.75, 3.05) is 16.8 Å². The van der Waals surface area contributed by atoms with Gasteiger partial charge in [0.2, 0.25) is 0 Å². The average molecular weight is 284 g/mol. The van der Waals surface area contributed by atoms with Gasteiger partial charge in [-0.05, 0) is 37.7 Å². The van der Waals surface area contributed by atoms with E-state index >= 15 is 0 Å². The number of sulfone groups is 1. The Labute approximate surface area is 113 Å². The van der Waals surface area contributed by atoms with E-state index in [2.05, 4.69) is 10.6 Å². The molecule has 1 fully saturated rings. The molecule has 0 bridgehead atoms. The molecule has 0 aliphatic carbocycles. The number of nitrogens with one attached hydrogen (secondary N) is 2. The number of thiocarbonyl (C=S) groups is 1. The van der Waals surface area contributed by atoms with Gasteiger partial charge in [-0.25, -0.2) is 8.42 Å². The van der Waals surface area contributed by atoms with Crippen molar-refractivity contribution in [2.24, 2.45) is 0 Å². The molecule has 0 saturated carbocycles. The smallest absolute Gasteiger partial charge is 0.171 e. The molecule has 6 heteroatoms. The molecule has 1 heterocycles. The lowest BCUT2D eigenvalue weighted by Gasteiger charge is -2.14. The highest BCUT2D eigenvalue weighted by Gasteiger charge is 2.28. The van der Waals surface area contributed by atoms with Crippen molar-refractivity contribution < 1.29 is 8.42 Å². The number of benzene rings is 1. The van der Waals surface area contributed by atoms with E-state index in [0.717, 1.165) is 5.69 Å². The fourth-order valence-electron chi connectivity index (χ4n) is 1.90. The molecule has 4 nitrogen and oxygen atoms in total. The Bertz CT molecular complexity index is 538. The molecule has 1 saturated heterocycles. The molecule has 98 valence electrons. The number of hydrogen-bond donors (Lipinski definition) is 2. The summed E-state index contributed by atoms with van der Waals surface area (Å²) in [6, 6.07) is 7.79. The molecule has 1 unspecified atom stereocenters. The monoisotopic (exact) mass is 284 g/mol. The summed E-state index contributed by atoms with van der Waals surface area (Å²) in [5, 5.41) is 6.56. The Hall–Kier alpha value is -1.14. The molecule has 18 heavy (non-hydrogen) atoms. The average Bonchev–Trinajstić information content (AvgIpc) is 2.61. The first-order valence-electron chi connectivity index (χ1n) is 5.79. The summed E-state index contributed by atoms with van der Waals surface area (Å²) in [6.45, 7) is 2.02. The second kappa shape index (κ2) is 5.24. The van der Waals surface area contributed by atoms with E-state index in [1.54, 1.807) is 0 Å². The van der Waals surface area contributed by atoms with E-state index in [0.29, 0.717) is 11.5 Å². The van der Waals surface area contributed by atoms with Gasteiger partial charge >= 0.3 is 0 Å². The first kappa shape index (κ1) is 13.3. The summed E-state index contributed by atoms with van der Waals surface area (Å²) >= 11 is 5.16. The molecule has 2 N–H and O–H groups in total. The normalized spacial score (nSPS) is 21.5. The van der Waals surface area contributed by atoms with E-state index in [4.69, 9.17) is 12.2 Å². The van der Waals surface area contributed by atoms with Crippen LogP contribution in [0.5, 0.6) is 0 Å². The van der Waals surface area contributed by atoms with Crippen LogP contribution in [-0.4, -0.2) is 31.1 Å². The molecular formula is C12H16N2O2S2. The van der Waals surface area contributed by atoms with Crippen LogP contribution in [0.15, 0.2) is 24.3 Å². The van der Waals surface area contributed by atoms with Crippen LogP contribution < -0.4 is 10.6 Å². The van der Waals surface area contributed by atoms with Crippen LogP contribution in [0.1, 0.15) is 12.0 Å². The predicted octanol–water partition coefficient (Wildman–Crippen LogP) is 1.47. The van der Waals surface area contributed by atoms with Gasteiger partial charge in [-0.2, -0.15) is 0 Å². The van der Waals surface area contributed by atoms with Crippen molar-refractivity contribution >= 4 is 32.9 Å². The molecule has 0 radical (unpaired) electrons. The summed E-state index contributed by atoms with van der Waals surface area (Å²) in [6.07, 6.45) is 0.623. The van der Waals surface area contributed by atoms with E-state index in [-0.39, 0.29) is 17.5 Å². The minimum atomic E-state index is -2.87. The second-order valence-corrected chi connectivity index (χ2v) is 7.20. The van der Waals surface area contributed by atoms with Crippen LogP contribution in [0, 0.1) is 6.92 Å². The summed E-state index contributed by atoms with van der Waals surface area (Å²) in [7, 11) is -2.87. The van der Waals surface area contributed by atoms with Gasteiger partial charge in [0.05, 0.1) is 11.5 Å². The van der Waals surface area contributed by atoms with Gasteiger partial charge in [0.1, 0.15) is 0 Å². The zero-order valence-electron chi connectivity index (χ0n) is 10.1. The molecule has 1 atom stereocenters. The standard InChI is InChI=1S/C12H16N2O2S2/c1-9-2-4-10(5-3-9)13-12(17)14-11-6-7-18(15,16)8-11/h2-5,11H,6-8H2,1H3,(H2,13,14,17). The van der Waals surface area contributed by atoms with Crippen LogP contribution in [0.4, 0.5) is 5.69 Å². The summed E-state index contributed by atoms with van der Waals surface area (Å²) in [5.74, 6) is 0.417. The molecule has 2 rings (SSSR count). The van der Waals surface area contributed by atoms with Crippen LogP contribution in [0.3, 0.4) is 0 Å². The maximum absolute atomic E-state index is 11.3. The molecular weight excluding hydrogens is 268 g/mol. The van der Waals surface area contributed by atoms with Gasteiger partial charge in [0, 0.05) is 11.7 Å². The summed E-state index contributed by atoms with van der Waals surface area (Å²) in [5.41, 5.74) is 2.08. The van der Waals surface area contributed by atoms with E-state index < -0.39 is 9.84 Å². The Morgan fingerprint density at radius 2 is 2.00 bits per heavy atom. The van der Waals surface area contributed by atoms with E-state index in [1.807, 2.05) is 31.2 Å². The highest BCUT2D eigenvalue weighted by Crippen LogP contribution is 2.12. The van der Waals surface area contributed by atoms with Crippen molar-refractivity contribution in [2.45, 2.75) is 19.4 Å². The van der Waals surface area contributed by atoms with Crippen molar-refractivity contribution in [3.8, 4) is 0 Å². The largest absolute Gasteiger partial charge is 0.359 e. The van der Waals surface area contributed by atoms with Gasteiger partial charge < -0.3 is 10.6 Å². The lowest BCUT2D eigenvalue weighted by atomic mass is 10.2. The van der Waals surface area contributed by atoms with E-state index in [9.17, 15) is 8.42 Å². The minimum Gasteiger partial charge on any atom is -0.359 e. The summed E-state index contributed by atoms with van der Waals surface area (Å²) in [4.78, 5) is 0. The Kier molecular flexibility index (Phi) is 3.87. The number of anilines is 1. The molecule has 1 aromatic rings. The van der Waals surface area contributed by atoms with Gasteiger partial charge in [0.15, 0.2) is 14.9 Å². The molecule has 0 aromatic heterocycles. The SMILES string of the molecule is Cc1ccc(NC(=S)NC2CCS(=O)(=O)C2)cc1. The van der Waals surface area contributed by atoms with Crippen molar-refractivity contribution in [1.29, 1.82) is 0 Å². The highest BCUT2D eigenvalue weighted by molar-refractivity contribution is 7.91. The van der Waals surface area contributed by atoms with Gasteiger partial charge in [0.25, 0.3) is 0 Å². The molecule has 0 amide bonds. The lowest BCUT2D eigenvalue weighted by Crippen LogP contribution is -2.38. The van der Waals surface area contributed by atoms with Gasteiger partial charge in [-0.1, -0.05) is 17.7 Å². The number of rotatable bonds is 2. The van der Waals surface area contributed by atoms with Crippen molar-refractivity contribution in [3.05, 3.63) is 29.8 Å². The first-order valence-corrected chi connectivity index (χ1v) is 8.02. The van der Waals surface area contributed by atoms with Crippen LogP contribution in [-0.2, 0) is 9.84 Å². The van der Waals surface area contributed by atoms with Crippen molar-refractivity contribution in [1.82, 2.24) is 5.32 Å². The van der Waals surface area contributed by atoms with Crippen molar-refractivity contribution in [3.63, 3.8) is 0 Å². The highest BCUT2D eigenvalue weighted by atomic mass is 32.2.